The molecule has 30 heavy (non-hydrogen) atoms. The van der Waals surface area contributed by atoms with Gasteiger partial charge in [0.1, 0.15) is 5.69 Å². The van der Waals surface area contributed by atoms with Crippen LogP contribution in [0.2, 0.25) is 0 Å². The summed E-state index contributed by atoms with van der Waals surface area (Å²) >= 11 is 0. The lowest BCUT2D eigenvalue weighted by Crippen LogP contribution is -2.24. The molecule has 10 heteroatoms. The lowest BCUT2D eigenvalue weighted by atomic mass is 10.2. The maximum Gasteiger partial charge on any atom is 0.326 e. The molecule has 0 unspecified atom stereocenters. The molecule has 0 amide bonds. The van der Waals surface area contributed by atoms with Crippen LogP contribution in [0.4, 0.5) is 11.6 Å². The van der Waals surface area contributed by atoms with Crippen LogP contribution < -0.4 is 21.8 Å². The smallest absolute Gasteiger partial charge is 0.326 e. The monoisotopic (exact) mass is 400 g/mol. The molecule has 10 nitrogen and oxygen atoms in total. The minimum Gasteiger partial charge on any atom is -0.493 e. The van der Waals surface area contributed by atoms with Crippen LogP contribution in [0.15, 0.2) is 40.2 Å². The van der Waals surface area contributed by atoms with E-state index >= 15 is 0 Å². The van der Waals surface area contributed by atoms with E-state index in [1.165, 1.54) is 4.52 Å². The molecule has 4 aromatic rings. The number of aromatic nitrogens is 6. The molecule has 3 heterocycles. The van der Waals surface area contributed by atoms with E-state index < -0.39 is 5.69 Å². The van der Waals surface area contributed by atoms with Gasteiger partial charge in [-0.25, -0.2) is 9.79 Å². The lowest BCUT2D eigenvalue weighted by Gasteiger charge is -2.05. The van der Waals surface area contributed by atoms with E-state index in [2.05, 4.69) is 41.3 Å². The lowest BCUT2D eigenvalue weighted by molar-refractivity contribution is 0.454. The van der Waals surface area contributed by atoms with Crippen molar-refractivity contribution in [3.05, 3.63) is 63.0 Å². The molecule has 0 atom stereocenters. The number of nitrogens with zero attached hydrogens (tertiary/aromatic N) is 5. The number of aromatic amines is 2. The van der Waals surface area contributed by atoms with Crippen LogP contribution in [0, 0.1) is 12.3 Å². The number of benzene rings is 1. The minimum absolute atomic E-state index is 0.224. The van der Waals surface area contributed by atoms with Gasteiger partial charge < -0.3 is 15.4 Å². The molecule has 0 spiro atoms. The number of nitrogens with one attached hydrogen (secondary N) is 3. The Hall–Kier alpha value is -4.39. The van der Waals surface area contributed by atoms with Crippen molar-refractivity contribution in [1.29, 1.82) is 0 Å². The zero-order valence-electron chi connectivity index (χ0n) is 15.6. The highest BCUT2D eigenvalue weighted by Crippen LogP contribution is 2.22. The van der Waals surface area contributed by atoms with Crippen LogP contribution in [-0.4, -0.2) is 40.7 Å². The fourth-order valence-electron chi connectivity index (χ4n) is 2.95. The van der Waals surface area contributed by atoms with Gasteiger partial charge in [-0.1, -0.05) is 12.0 Å². The third-order valence-corrected chi connectivity index (χ3v) is 4.54. The zero-order valence-corrected chi connectivity index (χ0v) is 15.6. The van der Waals surface area contributed by atoms with Crippen LogP contribution in [0.1, 0.15) is 24.1 Å². The van der Waals surface area contributed by atoms with Crippen molar-refractivity contribution in [3.63, 3.8) is 0 Å². The van der Waals surface area contributed by atoms with Crippen LogP contribution in [-0.2, 0) is 0 Å². The van der Waals surface area contributed by atoms with Gasteiger partial charge in [-0.3, -0.25) is 4.98 Å². The van der Waals surface area contributed by atoms with Gasteiger partial charge in [-0.15, -0.1) is 6.42 Å². The quantitative estimate of drug-likeness (QED) is 0.361. The van der Waals surface area contributed by atoms with Gasteiger partial charge in [0.05, 0.1) is 12.2 Å². The van der Waals surface area contributed by atoms with Crippen LogP contribution in [0.5, 0.6) is 5.88 Å². The van der Waals surface area contributed by atoms with E-state index in [0.717, 1.165) is 24.1 Å². The molecule has 1 aromatic carbocycles. The average Bonchev–Trinajstić information content (AvgIpc) is 3.37. The van der Waals surface area contributed by atoms with E-state index in [1.807, 2.05) is 24.3 Å². The number of imidazole rings is 1. The standard InChI is InChI=1S/C20H16N8O2/c1-2-11-4-3-5-14(8-11)22-18-25-16-12(9-15-17(29)26-20(30)24-15)10-21-28(16)19(27-18)23-13-6-7-13/h1,3-5,8-10,13,29H,6-7H2,(H,22,23,27)(H2,24,26,30)/b12-9-. The third-order valence-electron chi connectivity index (χ3n) is 4.54. The molecule has 5 rings (SSSR count). The number of rotatable bonds is 4. The van der Waals surface area contributed by atoms with Crippen LogP contribution >= 0.6 is 0 Å². The molecule has 148 valence electrons. The van der Waals surface area contributed by atoms with Crippen molar-refractivity contribution in [2.45, 2.75) is 18.9 Å². The molecule has 0 radical (unpaired) electrons. The van der Waals surface area contributed by atoms with Crippen molar-refractivity contribution in [3.8, 4) is 18.2 Å². The molecule has 1 fully saturated rings. The SMILES string of the molecule is C#Cc1cccc(Nc2nc(=NC3CC3)n3nc/c(=C/c4[nH]c(=O)[nH]c4O)c3n2)c1. The Kier molecular flexibility index (Phi) is 4.07. The second-order valence-corrected chi connectivity index (χ2v) is 6.88. The Labute approximate surface area is 169 Å². The summed E-state index contributed by atoms with van der Waals surface area (Å²) in [6.45, 7) is 0. The largest absolute Gasteiger partial charge is 0.493 e. The number of terminal acetylenes is 1. The summed E-state index contributed by atoms with van der Waals surface area (Å²) < 4.78 is 1.54. The van der Waals surface area contributed by atoms with Crippen molar-refractivity contribution in [2.75, 3.05) is 5.32 Å². The summed E-state index contributed by atoms with van der Waals surface area (Å²) in [4.78, 5) is 29.9. The second-order valence-electron chi connectivity index (χ2n) is 6.88. The van der Waals surface area contributed by atoms with E-state index in [-0.39, 0.29) is 17.6 Å². The normalized spacial score (nSPS) is 14.9. The highest BCUT2D eigenvalue weighted by molar-refractivity contribution is 5.60. The Morgan fingerprint density at radius 2 is 2.20 bits per heavy atom. The van der Waals surface area contributed by atoms with E-state index in [0.29, 0.717) is 22.4 Å². The van der Waals surface area contributed by atoms with Crippen molar-refractivity contribution in [2.24, 2.45) is 4.99 Å². The first-order valence-electron chi connectivity index (χ1n) is 9.25. The van der Waals surface area contributed by atoms with Gasteiger partial charge in [0.2, 0.25) is 11.8 Å². The number of hydrogen-bond acceptors (Lipinski definition) is 7. The summed E-state index contributed by atoms with van der Waals surface area (Å²) in [6, 6.07) is 7.57. The van der Waals surface area contributed by atoms with Gasteiger partial charge in [-0.05, 0) is 37.1 Å². The van der Waals surface area contributed by atoms with E-state index in [9.17, 15) is 9.90 Å². The first-order valence-corrected chi connectivity index (χ1v) is 9.25. The van der Waals surface area contributed by atoms with Crippen molar-refractivity contribution >= 4 is 23.4 Å². The number of aromatic hydroxyl groups is 1. The van der Waals surface area contributed by atoms with Gasteiger partial charge in [-0.2, -0.15) is 19.6 Å². The van der Waals surface area contributed by atoms with E-state index in [4.69, 9.17) is 6.42 Å². The number of hydrogen-bond donors (Lipinski definition) is 4. The highest BCUT2D eigenvalue weighted by Gasteiger charge is 2.21. The van der Waals surface area contributed by atoms with Gasteiger partial charge in [0.15, 0.2) is 5.65 Å². The fourth-order valence-corrected chi connectivity index (χ4v) is 2.95. The predicted molar refractivity (Wildman–Crippen MR) is 109 cm³/mol. The maximum absolute atomic E-state index is 11.4. The Bertz CT molecular complexity index is 1480. The summed E-state index contributed by atoms with van der Waals surface area (Å²) in [5.74, 6) is 2.66. The Balaban J connectivity index is 1.67. The molecule has 0 bridgehead atoms. The molecular formula is C20H16N8O2. The van der Waals surface area contributed by atoms with Gasteiger partial charge >= 0.3 is 5.69 Å². The predicted octanol–water partition coefficient (Wildman–Crippen LogP) is 0.182. The number of fused-ring (bicyclic) bond motifs is 1. The molecule has 0 aliphatic heterocycles. The van der Waals surface area contributed by atoms with Crippen molar-refractivity contribution in [1.82, 2.24) is 29.5 Å². The Morgan fingerprint density at radius 1 is 1.33 bits per heavy atom. The molecular weight excluding hydrogens is 384 g/mol. The number of H-pyrrole nitrogens is 2. The molecule has 3 aromatic heterocycles. The van der Waals surface area contributed by atoms with Crippen LogP contribution in [0.25, 0.3) is 11.7 Å². The number of anilines is 2. The van der Waals surface area contributed by atoms with Crippen molar-refractivity contribution < 1.29 is 5.11 Å². The highest BCUT2D eigenvalue weighted by atomic mass is 16.3. The second kappa shape index (κ2) is 6.89. The van der Waals surface area contributed by atoms with Gasteiger partial charge in [0.25, 0.3) is 5.62 Å². The first-order chi connectivity index (χ1) is 14.6. The fraction of sp³-hybridized carbons (Fsp3) is 0.150. The Morgan fingerprint density at radius 3 is 2.93 bits per heavy atom. The molecule has 0 saturated heterocycles. The molecule has 1 saturated carbocycles. The summed E-state index contributed by atoms with van der Waals surface area (Å²) in [6.07, 6.45) is 10.6. The van der Waals surface area contributed by atoms with E-state index in [1.54, 1.807) is 12.3 Å². The summed E-state index contributed by atoms with van der Waals surface area (Å²) in [5.41, 5.74) is 2.08. The summed E-state index contributed by atoms with van der Waals surface area (Å²) in [5, 5.41) is 17.9. The average molecular weight is 400 g/mol. The zero-order chi connectivity index (χ0) is 20.7. The molecule has 4 N–H and O–H groups in total. The first kappa shape index (κ1) is 17.7. The maximum atomic E-state index is 11.4. The van der Waals surface area contributed by atoms with Gasteiger partial charge in [0, 0.05) is 16.5 Å². The van der Waals surface area contributed by atoms with Crippen LogP contribution in [0.3, 0.4) is 0 Å². The molecule has 1 aliphatic carbocycles. The summed E-state index contributed by atoms with van der Waals surface area (Å²) in [7, 11) is 0. The topological polar surface area (TPSA) is 136 Å². The minimum atomic E-state index is -0.509. The third kappa shape index (κ3) is 3.40. The molecule has 1 aliphatic rings.